The van der Waals surface area contributed by atoms with E-state index in [1.54, 1.807) is 6.20 Å². The van der Waals surface area contributed by atoms with Crippen LogP contribution >= 0.6 is 0 Å². The van der Waals surface area contributed by atoms with Crippen LogP contribution in [0.4, 0.5) is 5.82 Å². The molecule has 3 heteroatoms. The predicted octanol–water partition coefficient (Wildman–Crippen LogP) is 2.35. The van der Waals surface area contributed by atoms with Crippen LogP contribution in [0.15, 0.2) is 24.4 Å². The third kappa shape index (κ3) is 4.61. The number of pyridine rings is 1. The maximum atomic E-state index is 5.68. The highest BCUT2D eigenvalue weighted by molar-refractivity contribution is 5.60. The van der Waals surface area contributed by atoms with Crippen LogP contribution in [0.5, 0.6) is 0 Å². The van der Waals surface area contributed by atoms with Crippen molar-refractivity contribution in [3.8, 4) is 0 Å². The first-order chi connectivity index (χ1) is 7.20. The van der Waals surface area contributed by atoms with Gasteiger partial charge in [-0.1, -0.05) is 26.0 Å². The summed E-state index contributed by atoms with van der Waals surface area (Å²) in [6.07, 6.45) is 5.57. The van der Waals surface area contributed by atoms with Crippen molar-refractivity contribution in [2.45, 2.75) is 13.8 Å². The van der Waals surface area contributed by atoms with Gasteiger partial charge in [0.15, 0.2) is 0 Å². The van der Waals surface area contributed by atoms with E-state index in [2.05, 4.69) is 18.8 Å². The molecule has 0 radical (unpaired) electrons. The van der Waals surface area contributed by atoms with Gasteiger partial charge in [0.1, 0.15) is 5.82 Å². The van der Waals surface area contributed by atoms with E-state index >= 15 is 0 Å². The molecule has 1 aromatic rings. The van der Waals surface area contributed by atoms with Crippen LogP contribution < -0.4 is 5.73 Å². The van der Waals surface area contributed by atoms with Crippen LogP contribution in [0.1, 0.15) is 19.4 Å². The first-order valence-corrected chi connectivity index (χ1v) is 5.15. The molecule has 82 valence electrons. The Kier molecular flexibility index (Phi) is 4.84. The maximum Gasteiger partial charge on any atom is 0.130 e. The molecule has 2 N–H and O–H groups in total. The zero-order chi connectivity index (χ0) is 11.1. The Morgan fingerprint density at radius 3 is 3.00 bits per heavy atom. The van der Waals surface area contributed by atoms with Gasteiger partial charge in [-0.25, -0.2) is 4.98 Å². The number of nitrogens with two attached hydrogens (primary N) is 1. The fourth-order valence-electron chi connectivity index (χ4n) is 1.12. The highest BCUT2D eigenvalue weighted by atomic mass is 16.5. The first kappa shape index (κ1) is 11.7. The summed E-state index contributed by atoms with van der Waals surface area (Å²) in [6.45, 7) is 5.66. The van der Waals surface area contributed by atoms with Crippen molar-refractivity contribution in [1.29, 1.82) is 0 Å². The minimum atomic E-state index is 0.553. The summed E-state index contributed by atoms with van der Waals surface area (Å²) < 4.78 is 5.41. The van der Waals surface area contributed by atoms with Crippen molar-refractivity contribution < 1.29 is 4.74 Å². The van der Waals surface area contributed by atoms with Crippen molar-refractivity contribution in [1.82, 2.24) is 4.98 Å². The van der Waals surface area contributed by atoms with Crippen LogP contribution in [0.2, 0.25) is 0 Å². The van der Waals surface area contributed by atoms with Gasteiger partial charge in [-0.15, -0.1) is 0 Å². The molecule has 0 spiro atoms. The number of hydrogen-bond acceptors (Lipinski definition) is 3. The van der Waals surface area contributed by atoms with Crippen molar-refractivity contribution in [3.63, 3.8) is 0 Å². The highest BCUT2D eigenvalue weighted by Crippen LogP contribution is 2.08. The fraction of sp³-hybridized carbons (Fsp3) is 0.417. The Hall–Kier alpha value is -1.35. The predicted molar refractivity (Wildman–Crippen MR) is 63.3 cm³/mol. The SMILES string of the molecule is CC(C)COC/C=C/c1cccnc1N. The van der Waals surface area contributed by atoms with E-state index in [4.69, 9.17) is 10.5 Å². The lowest BCUT2D eigenvalue weighted by Gasteiger charge is -2.03. The lowest BCUT2D eigenvalue weighted by atomic mass is 10.2. The molecule has 0 bridgehead atoms. The highest BCUT2D eigenvalue weighted by Gasteiger charge is 1.93. The second-order valence-corrected chi connectivity index (χ2v) is 3.81. The third-order valence-electron chi connectivity index (χ3n) is 1.83. The van der Waals surface area contributed by atoms with Crippen molar-refractivity contribution in [3.05, 3.63) is 30.0 Å². The molecule has 1 rings (SSSR count). The van der Waals surface area contributed by atoms with Crippen molar-refractivity contribution in [2.75, 3.05) is 18.9 Å². The maximum absolute atomic E-state index is 5.68. The summed E-state index contributed by atoms with van der Waals surface area (Å²) in [5.74, 6) is 1.12. The number of ether oxygens (including phenoxy) is 1. The Balaban J connectivity index is 2.35. The summed E-state index contributed by atoms with van der Waals surface area (Å²) in [6, 6.07) is 3.80. The first-order valence-electron chi connectivity index (χ1n) is 5.15. The molecule has 1 heterocycles. The summed E-state index contributed by atoms with van der Waals surface area (Å²) in [7, 11) is 0. The van der Waals surface area contributed by atoms with Crippen LogP contribution in [0.25, 0.3) is 6.08 Å². The molecule has 0 fully saturated rings. The Morgan fingerprint density at radius 1 is 1.53 bits per heavy atom. The van der Waals surface area contributed by atoms with Crippen LogP contribution in [0, 0.1) is 5.92 Å². The van der Waals surface area contributed by atoms with E-state index in [-0.39, 0.29) is 0 Å². The van der Waals surface area contributed by atoms with Gasteiger partial charge < -0.3 is 10.5 Å². The van der Waals surface area contributed by atoms with Gasteiger partial charge in [0.25, 0.3) is 0 Å². The quantitative estimate of drug-likeness (QED) is 0.752. The smallest absolute Gasteiger partial charge is 0.130 e. The molecule has 0 atom stereocenters. The molecule has 0 aliphatic heterocycles. The molecular weight excluding hydrogens is 188 g/mol. The van der Waals surface area contributed by atoms with Gasteiger partial charge >= 0.3 is 0 Å². The zero-order valence-electron chi connectivity index (χ0n) is 9.31. The topological polar surface area (TPSA) is 48.1 Å². The van der Waals surface area contributed by atoms with Gasteiger partial charge in [0.2, 0.25) is 0 Å². The molecule has 1 aromatic heterocycles. The zero-order valence-corrected chi connectivity index (χ0v) is 9.31. The van der Waals surface area contributed by atoms with Gasteiger partial charge in [-0.3, -0.25) is 0 Å². The molecule has 0 saturated carbocycles. The number of anilines is 1. The Morgan fingerprint density at radius 2 is 2.33 bits per heavy atom. The largest absolute Gasteiger partial charge is 0.383 e. The van der Waals surface area contributed by atoms with Gasteiger partial charge in [0, 0.05) is 18.4 Å². The van der Waals surface area contributed by atoms with Crippen molar-refractivity contribution >= 4 is 11.9 Å². The number of nitrogen functional groups attached to an aromatic ring is 1. The Labute approximate surface area is 91.0 Å². The van der Waals surface area contributed by atoms with Crippen molar-refractivity contribution in [2.24, 2.45) is 5.92 Å². The molecule has 0 saturated heterocycles. The fourth-order valence-corrected chi connectivity index (χ4v) is 1.12. The van der Waals surface area contributed by atoms with E-state index in [0.717, 1.165) is 12.2 Å². The average Bonchev–Trinajstić information content (AvgIpc) is 2.20. The van der Waals surface area contributed by atoms with E-state index in [9.17, 15) is 0 Å². The number of nitrogens with zero attached hydrogens (tertiary/aromatic N) is 1. The minimum absolute atomic E-state index is 0.553. The molecule has 0 aliphatic carbocycles. The van der Waals surface area contributed by atoms with E-state index in [0.29, 0.717) is 18.3 Å². The lowest BCUT2D eigenvalue weighted by molar-refractivity contribution is 0.135. The average molecular weight is 206 g/mol. The van der Waals surface area contributed by atoms with E-state index in [1.807, 2.05) is 24.3 Å². The number of hydrogen-bond donors (Lipinski definition) is 1. The Bertz CT molecular complexity index is 321. The summed E-state index contributed by atoms with van der Waals surface area (Å²) in [4.78, 5) is 3.99. The standard InChI is InChI=1S/C12H18N2O/c1-10(2)9-15-8-4-6-11-5-3-7-14-12(11)13/h3-7,10H,8-9H2,1-2H3,(H2,13,14)/b6-4+. The van der Waals surface area contributed by atoms with E-state index < -0.39 is 0 Å². The molecule has 0 amide bonds. The van der Waals surface area contributed by atoms with Crippen LogP contribution in [-0.4, -0.2) is 18.2 Å². The second kappa shape index (κ2) is 6.19. The second-order valence-electron chi connectivity index (χ2n) is 3.81. The summed E-state index contributed by atoms with van der Waals surface area (Å²) in [5, 5.41) is 0. The molecule has 0 aromatic carbocycles. The normalized spacial score (nSPS) is 11.4. The van der Waals surface area contributed by atoms with E-state index in [1.165, 1.54) is 0 Å². The summed E-state index contributed by atoms with van der Waals surface area (Å²) >= 11 is 0. The monoisotopic (exact) mass is 206 g/mol. The molecule has 0 unspecified atom stereocenters. The van der Waals surface area contributed by atoms with Gasteiger partial charge in [-0.05, 0) is 18.1 Å². The lowest BCUT2D eigenvalue weighted by Crippen LogP contribution is -2.01. The summed E-state index contributed by atoms with van der Waals surface area (Å²) in [5.41, 5.74) is 6.62. The molecule has 3 nitrogen and oxygen atoms in total. The number of aromatic nitrogens is 1. The van der Waals surface area contributed by atoms with Crippen LogP contribution in [0.3, 0.4) is 0 Å². The van der Waals surface area contributed by atoms with Gasteiger partial charge in [0.05, 0.1) is 6.61 Å². The minimum Gasteiger partial charge on any atom is -0.383 e. The molecule has 0 aliphatic rings. The molecule has 15 heavy (non-hydrogen) atoms. The molecular formula is C12H18N2O. The van der Waals surface area contributed by atoms with Gasteiger partial charge in [-0.2, -0.15) is 0 Å². The third-order valence-corrected chi connectivity index (χ3v) is 1.83. The number of rotatable bonds is 5. The van der Waals surface area contributed by atoms with Crippen LogP contribution in [-0.2, 0) is 4.74 Å².